The Hall–Kier alpha value is -0.930. The van der Waals surface area contributed by atoms with Crippen molar-refractivity contribution < 1.29 is 9.50 Å². The Morgan fingerprint density at radius 2 is 2.00 bits per heavy atom. The summed E-state index contributed by atoms with van der Waals surface area (Å²) in [5, 5.41) is 9.71. The van der Waals surface area contributed by atoms with Gasteiger partial charge in [-0.05, 0) is 49.9 Å². The number of aliphatic hydroxyl groups is 1. The number of piperidine rings is 1. The third-order valence-corrected chi connectivity index (χ3v) is 4.94. The molecule has 18 heavy (non-hydrogen) atoms. The molecule has 2 aliphatic rings. The van der Waals surface area contributed by atoms with Gasteiger partial charge in [0.2, 0.25) is 0 Å². The van der Waals surface area contributed by atoms with Crippen LogP contribution < -0.4 is 0 Å². The van der Waals surface area contributed by atoms with Crippen LogP contribution in [0.4, 0.5) is 4.39 Å². The zero-order valence-electron chi connectivity index (χ0n) is 10.7. The Balaban J connectivity index is 1.89. The van der Waals surface area contributed by atoms with E-state index in [4.69, 9.17) is 0 Å². The van der Waals surface area contributed by atoms with Crippen molar-refractivity contribution in [2.24, 2.45) is 5.92 Å². The maximum absolute atomic E-state index is 13.0. The summed E-state index contributed by atoms with van der Waals surface area (Å²) in [5.74, 6) is 0.485. The second-order valence-electron chi connectivity index (χ2n) is 5.70. The van der Waals surface area contributed by atoms with Crippen molar-refractivity contribution in [3.05, 3.63) is 35.6 Å². The SMILES string of the molecule is CN1[C@H]2CC[C@@H]1C(CO)C(c1ccc(F)cc1)C2. The Morgan fingerprint density at radius 3 is 2.67 bits per heavy atom. The molecule has 98 valence electrons. The number of fused-ring (bicyclic) bond motifs is 2. The van der Waals surface area contributed by atoms with Crippen LogP contribution in [-0.2, 0) is 0 Å². The average Bonchev–Trinajstić information content (AvgIpc) is 2.63. The van der Waals surface area contributed by atoms with Gasteiger partial charge >= 0.3 is 0 Å². The second-order valence-corrected chi connectivity index (χ2v) is 5.70. The smallest absolute Gasteiger partial charge is 0.123 e. The first-order valence-electron chi connectivity index (χ1n) is 6.79. The molecular weight excluding hydrogens is 229 g/mol. The lowest BCUT2D eigenvalue weighted by molar-refractivity contribution is 0.0592. The van der Waals surface area contributed by atoms with Crippen molar-refractivity contribution in [2.45, 2.75) is 37.3 Å². The second kappa shape index (κ2) is 4.63. The fourth-order valence-corrected chi connectivity index (χ4v) is 3.92. The normalized spacial score (nSPS) is 35.9. The highest BCUT2D eigenvalue weighted by molar-refractivity contribution is 5.24. The van der Waals surface area contributed by atoms with E-state index in [0.29, 0.717) is 23.9 Å². The van der Waals surface area contributed by atoms with Gasteiger partial charge in [-0.15, -0.1) is 0 Å². The van der Waals surface area contributed by atoms with Gasteiger partial charge in [-0.3, -0.25) is 0 Å². The Morgan fingerprint density at radius 1 is 1.28 bits per heavy atom. The highest BCUT2D eigenvalue weighted by Crippen LogP contribution is 2.45. The van der Waals surface area contributed by atoms with Crippen LogP contribution in [0.5, 0.6) is 0 Å². The van der Waals surface area contributed by atoms with Crippen LogP contribution in [0.25, 0.3) is 0 Å². The molecule has 3 rings (SSSR count). The summed E-state index contributed by atoms with van der Waals surface area (Å²) in [6.07, 6.45) is 3.50. The van der Waals surface area contributed by atoms with E-state index in [9.17, 15) is 9.50 Å². The highest BCUT2D eigenvalue weighted by Gasteiger charge is 2.45. The van der Waals surface area contributed by atoms with Crippen molar-refractivity contribution in [3.8, 4) is 0 Å². The summed E-state index contributed by atoms with van der Waals surface area (Å²) in [4.78, 5) is 2.43. The highest BCUT2D eigenvalue weighted by atomic mass is 19.1. The summed E-state index contributed by atoms with van der Waals surface area (Å²) in [7, 11) is 2.17. The van der Waals surface area contributed by atoms with E-state index in [-0.39, 0.29) is 12.4 Å². The van der Waals surface area contributed by atoms with E-state index < -0.39 is 0 Å². The monoisotopic (exact) mass is 249 g/mol. The first kappa shape index (κ1) is 12.1. The Labute approximate surface area is 107 Å². The van der Waals surface area contributed by atoms with E-state index >= 15 is 0 Å². The van der Waals surface area contributed by atoms with Crippen molar-refractivity contribution in [1.82, 2.24) is 4.90 Å². The molecule has 2 heterocycles. The predicted molar refractivity (Wildman–Crippen MR) is 68.9 cm³/mol. The number of aliphatic hydroxyl groups excluding tert-OH is 1. The Bertz CT molecular complexity index is 419. The van der Waals surface area contributed by atoms with Gasteiger partial charge in [0, 0.05) is 24.6 Å². The van der Waals surface area contributed by atoms with Crippen LogP contribution in [0, 0.1) is 11.7 Å². The molecule has 4 atom stereocenters. The molecule has 2 bridgehead atoms. The molecule has 2 aliphatic heterocycles. The molecule has 0 spiro atoms. The first-order chi connectivity index (χ1) is 8.70. The molecule has 2 unspecified atom stereocenters. The topological polar surface area (TPSA) is 23.5 Å². The first-order valence-corrected chi connectivity index (χ1v) is 6.79. The summed E-state index contributed by atoms with van der Waals surface area (Å²) in [6, 6.07) is 7.95. The zero-order valence-corrected chi connectivity index (χ0v) is 10.7. The fraction of sp³-hybridized carbons (Fsp3) is 0.600. The number of rotatable bonds is 2. The standard InChI is InChI=1S/C15H20FNO/c1-17-12-6-7-15(17)14(9-18)13(8-12)10-2-4-11(16)5-3-10/h2-5,12-15,18H,6-9H2,1H3/t12-,13?,14?,15+/m0/s1. The van der Waals surface area contributed by atoms with Crippen molar-refractivity contribution in [2.75, 3.05) is 13.7 Å². The van der Waals surface area contributed by atoms with Gasteiger partial charge < -0.3 is 10.0 Å². The van der Waals surface area contributed by atoms with Gasteiger partial charge in [0.1, 0.15) is 5.82 Å². The van der Waals surface area contributed by atoms with E-state index in [1.54, 1.807) is 0 Å². The van der Waals surface area contributed by atoms with E-state index in [0.717, 1.165) is 6.42 Å². The molecule has 2 saturated heterocycles. The number of nitrogens with zero attached hydrogens (tertiary/aromatic N) is 1. The molecule has 0 aliphatic carbocycles. The van der Waals surface area contributed by atoms with Gasteiger partial charge in [0.05, 0.1) is 0 Å². The largest absolute Gasteiger partial charge is 0.396 e. The number of hydrogen-bond donors (Lipinski definition) is 1. The van der Waals surface area contributed by atoms with Crippen LogP contribution in [0.3, 0.4) is 0 Å². The van der Waals surface area contributed by atoms with Crippen LogP contribution in [0.1, 0.15) is 30.7 Å². The summed E-state index contributed by atoms with van der Waals surface area (Å²) >= 11 is 0. The molecule has 0 amide bonds. The maximum Gasteiger partial charge on any atom is 0.123 e. The third kappa shape index (κ3) is 1.86. The Kier molecular flexibility index (Phi) is 3.12. The van der Waals surface area contributed by atoms with Crippen LogP contribution in [-0.4, -0.2) is 35.7 Å². The lowest BCUT2D eigenvalue weighted by Crippen LogP contribution is -2.47. The molecular formula is C15H20FNO. The third-order valence-electron chi connectivity index (χ3n) is 4.94. The van der Waals surface area contributed by atoms with Crippen molar-refractivity contribution in [1.29, 1.82) is 0 Å². The van der Waals surface area contributed by atoms with Gasteiger partial charge in [-0.25, -0.2) is 4.39 Å². The number of halogens is 1. The molecule has 0 radical (unpaired) electrons. The lowest BCUT2D eigenvalue weighted by atomic mass is 9.76. The molecule has 1 N–H and O–H groups in total. The van der Waals surface area contributed by atoms with Gasteiger partial charge in [-0.2, -0.15) is 0 Å². The molecule has 1 aromatic carbocycles. The molecule has 1 aromatic rings. The number of hydrogen-bond acceptors (Lipinski definition) is 2. The summed E-state index contributed by atoms with van der Waals surface area (Å²) < 4.78 is 13.0. The minimum absolute atomic E-state index is 0.185. The van der Waals surface area contributed by atoms with Crippen LogP contribution in [0.2, 0.25) is 0 Å². The molecule has 2 nitrogen and oxygen atoms in total. The van der Waals surface area contributed by atoms with E-state index in [1.807, 2.05) is 12.1 Å². The number of benzene rings is 1. The van der Waals surface area contributed by atoms with Crippen molar-refractivity contribution in [3.63, 3.8) is 0 Å². The maximum atomic E-state index is 13.0. The van der Waals surface area contributed by atoms with Crippen LogP contribution >= 0.6 is 0 Å². The van der Waals surface area contributed by atoms with Gasteiger partial charge in [0.25, 0.3) is 0 Å². The van der Waals surface area contributed by atoms with E-state index in [1.165, 1.54) is 30.5 Å². The molecule has 0 saturated carbocycles. The van der Waals surface area contributed by atoms with Crippen molar-refractivity contribution >= 4 is 0 Å². The average molecular weight is 249 g/mol. The molecule has 2 fully saturated rings. The molecule has 3 heteroatoms. The minimum atomic E-state index is -0.185. The van der Waals surface area contributed by atoms with Crippen LogP contribution in [0.15, 0.2) is 24.3 Å². The predicted octanol–water partition coefficient (Wildman–Crippen LogP) is 2.38. The summed E-state index contributed by atoms with van der Waals surface area (Å²) in [6.45, 7) is 0.226. The fourth-order valence-electron chi connectivity index (χ4n) is 3.92. The minimum Gasteiger partial charge on any atom is -0.396 e. The van der Waals surface area contributed by atoms with Gasteiger partial charge in [-0.1, -0.05) is 12.1 Å². The zero-order chi connectivity index (χ0) is 12.7. The quantitative estimate of drug-likeness (QED) is 0.870. The summed E-state index contributed by atoms with van der Waals surface area (Å²) in [5.41, 5.74) is 1.18. The lowest BCUT2D eigenvalue weighted by Gasteiger charge is -2.42. The molecule has 0 aromatic heterocycles. The van der Waals surface area contributed by atoms with Gasteiger partial charge in [0.15, 0.2) is 0 Å². The van der Waals surface area contributed by atoms with E-state index in [2.05, 4.69) is 11.9 Å².